The Bertz CT molecular complexity index is 1670. The molecule has 6 rings (SSSR count). The van der Waals surface area contributed by atoms with Gasteiger partial charge in [-0.2, -0.15) is 0 Å². The van der Waals surface area contributed by atoms with Crippen molar-refractivity contribution in [1.29, 1.82) is 0 Å². The number of piperazine rings is 1. The van der Waals surface area contributed by atoms with Gasteiger partial charge in [0.05, 0.1) is 17.0 Å². The maximum Gasteiger partial charge on any atom is 0.165 e. The van der Waals surface area contributed by atoms with E-state index in [1.54, 1.807) is 6.20 Å². The van der Waals surface area contributed by atoms with Gasteiger partial charge in [-0.05, 0) is 42.0 Å². The van der Waals surface area contributed by atoms with E-state index < -0.39 is 0 Å². The third-order valence-corrected chi connectivity index (χ3v) is 7.17. The predicted molar refractivity (Wildman–Crippen MR) is 157 cm³/mol. The van der Waals surface area contributed by atoms with E-state index in [4.69, 9.17) is 22.1 Å². The van der Waals surface area contributed by atoms with Crippen molar-refractivity contribution in [2.75, 3.05) is 31.9 Å². The molecule has 5 aromatic rings. The van der Waals surface area contributed by atoms with Crippen molar-refractivity contribution < 1.29 is 0 Å². The number of aromatic nitrogens is 4. The molecule has 2 aromatic carbocycles. The quantitative estimate of drug-likeness (QED) is 0.324. The number of nitrogen functional groups attached to an aromatic ring is 1. The van der Waals surface area contributed by atoms with Crippen molar-refractivity contribution in [2.24, 2.45) is 0 Å². The van der Waals surface area contributed by atoms with E-state index in [1.165, 1.54) is 5.56 Å². The number of terminal acetylenes is 1. The number of benzene rings is 2. The van der Waals surface area contributed by atoms with Crippen LogP contribution >= 0.6 is 0 Å². The van der Waals surface area contributed by atoms with Crippen LogP contribution in [0.3, 0.4) is 0 Å². The number of imidazole rings is 1. The zero-order valence-electron chi connectivity index (χ0n) is 21.7. The largest absolute Gasteiger partial charge is 0.383 e. The van der Waals surface area contributed by atoms with Crippen molar-refractivity contribution in [1.82, 2.24) is 29.3 Å². The highest BCUT2D eigenvalue weighted by Crippen LogP contribution is 2.31. The fourth-order valence-electron chi connectivity index (χ4n) is 5.03. The molecule has 1 aliphatic heterocycles. The summed E-state index contributed by atoms with van der Waals surface area (Å²) >= 11 is 0. The smallest absolute Gasteiger partial charge is 0.165 e. The van der Waals surface area contributed by atoms with Crippen LogP contribution in [0.5, 0.6) is 0 Å². The lowest BCUT2D eigenvalue weighted by Gasteiger charge is -2.35. The molecule has 1 fully saturated rings. The van der Waals surface area contributed by atoms with Crippen LogP contribution in [0.15, 0.2) is 97.3 Å². The van der Waals surface area contributed by atoms with Gasteiger partial charge in [0.25, 0.3) is 0 Å². The fourth-order valence-corrected chi connectivity index (χ4v) is 5.03. The number of fused-ring (bicyclic) bond motifs is 1. The second kappa shape index (κ2) is 10.4. The van der Waals surface area contributed by atoms with Crippen LogP contribution in [0, 0.1) is 12.3 Å². The molecule has 4 heterocycles. The van der Waals surface area contributed by atoms with Crippen LogP contribution in [0.4, 0.5) is 5.82 Å². The lowest BCUT2D eigenvalue weighted by atomic mass is 10.1. The highest BCUT2D eigenvalue weighted by molar-refractivity contribution is 5.84. The van der Waals surface area contributed by atoms with Gasteiger partial charge < -0.3 is 10.6 Å². The second-order valence-corrected chi connectivity index (χ2v) is 9.63. The molecule has 0 saturated carbocycles. The van der Waals surface area contributed by atoms with Crippen molar-refractivity contribution >= 4 is 17.0 Å². The number of pyridine rings is 2. The van der Waals surface area contributed by atoms with E-state index >= 15 is 0 Å². The summed E-state index contributed by atoms with van der Waals surface area (Å²) in [4.78, 5) is 18.9. The minimum absolute atomic E-state index is 0.431. The minimum Gasteiger partial charge on any atom is -0.383 e. The number of hydrogen-bond acceptors (Lipinski definition) is 6. The molecule has 1 saturated heterocycles. The van der Waals surface area contributed by atoms with Crippen molar-refractivity contribution in [2.45, 2.75) is 6.54 Å². The molecule has 7 nitrogen and oxygen atoms in total. The Hall–Kier alpha value is -4.93. The summed E-state index contributed by atoms with van der Waals surface area (Å²) in [5, 5.41) is 0. The van der Waals surface area contributed by atoms with Crippen LogP contribution in [0.2, 0.25) is 0 Å². The summed E-state index contributed by atoms with van der Waals surface area (Å²) in [6.45, 7) is 8.53. The van der Waals surface area contributed by atoms with Gasteiger partial charge in [-0.25, -0.2) is 15.0 Å². The average molecular weight is 512 g/mol. The van der Waals surface area contributed by atoms with E-state index in [9.17, 15) is 0 Å². The first-order chi connectivity index (χ1) is 19.1. The molecule has 0 amide bonds. The Morgan fingerprint density at radius 1 is 0.897 bits per heavy atom. The van der Waals surface area contributed by atoms with Gasteiger partial charge in [0.2, 0.25) is 0 Å². The van der Waals surface area contributed by atoms with Crippen molar-refractivity contribution in [3.8, 4) is 40.7 Å². The standard InChI is InChI=1S/C32H29N7/c1-3-23(2)38-20-18-37(19-21-38)22-24-11-13-26(14-12-24)39-31(27-10-7-17-34-30(27)33)36-29-16-15-28(35-32(29)39)25-8-5-4-6-9-25/h1,4-17H,2,18-22H2,(H2,33,34). The summed E-state index contributed by atoms with van der Waals surface area (Å²) in [5.74, 6) is 3.80. The predicted octanol–water partition coefficient (Wildman–Crippen LogP) is 5.00. The molecular weight excluding hydrogens is 482 g/mol. The summed E-state index contributed by atoms with van der Waals surface area (Å²) in [5.41, 5.74) is 13.5. The van der Waals surface area contributed by atoms with Crippen LogP contribution in [0.25, 0.3) is 39.5 Å². The highest BCUT2D eigenvalue weighted by atomic mass is 15.3. The molecule has 39 heavy (non-hydrogen) atoms. The van der Waals surface area contributed by atoms with Crippen molar-refractivity contribution in [3.63, 3.8) is 0 Å². The topological polar surface area (TPSA) is 76.1 Å². The SMILES string of the molecule is C#CC(=C)N1CCN(Cc2ccc(-n3c(-c4cccnc4N)nc4ccc(-c5ccccc5)nc43)cc2)CC1. The van der Waals surface area contributed by atoms with Crippen LogP contribution in [-0.4, -0.2) is 55.5 Å². The molecule has 7 heteroatoms. The van der Waals surface area contributed by atoms with E-state index in [1.807, 2.05) is 42.5 Å². The van der Waals surface area contributed by atoms with E-state index in [0.717, 1.165) is 72.1 Å². The number of rotatable bonds is 6. The van der Waals surface area contributed by atoms with Gasteiger partial charge in [0.1, 0.15) is 11.3 Å². The Balaban J connectivity index is 1.35. The molecule has 0 aliphatic carbocycles. The first-order valence-electron chi connectivity index (χ1n) is 13.0. The summed E-state index contributed by atoms with van der Waals surface area (Å²) in [6.07, 6.45) is 7.21. The lowest BCUT2D eigenvalue weighted by molar-refractivity contribution is 0.157. The molecule has 3 aromatic heterocycles. The fraction of sp³-hybridized carbons (Fsp3) is 0.156. The second-order valence-electron chi connectivity index (χ2n) is 9.63. The summed E-state index contributed by atoms with van der Waals surface area (Å²) in [7, 11) is 0. The molecule has 0 unspecified atom stereocenters. The zero-order chi connectivity index (χ0) is 26.8. The monoisotopic (exact) mass is 511 g/mol. The third kappa shape index (κ3) is 4.86. The normalized spacial score (nSPS) is 13.9. The van der Waals surface area contributed by atoms with Gasteiger partial charge in [0, 0.05) is 50.2 Å². The molecule has 192 valence electrons. The molecule has 0 spiro atoms. The van der Waals surface area contributed by atoms with Gasteiger partial charge in [0.15, 0.2) is 11.5 Å². The summed E-state index contributed by atoms with van der Waals surface area (Å²) < 4.78 is 2.07. The van der Waals surface area contributed by atoms with Gasteiger partial charge in [-0.3, -0.25) is 9.47 Å². The Labute approximate surface area is 228 Å². The number of anilines is 1. The van der Waals surface area contributed by atoms with Crippen molar-refractivity contribution in [3.05, 3.63) is 103 Å². The third-order valence-electron chi connectivity index (χ3n) is 7.17. The average Bonchev–Trinajstić information content (AvgIpc) is 3.37. The Kier molecular flexibility index (Phi) is 6.54. The Morgan fingerprint density at radius 3 is 2.38 bits per heavy atom. The van der Waals surface area contributed by atoms with E-state index in [-0.39, 0.29) is 0 Å². The number of hydrogen-bond donors (Lipinski definition) is 1. The maximum atomic E-state index is 6.30. The number of nitrogens with two attached hydrogens (primary N) is 1. The lowest BCUT2D eigenvalue weighted by Crippen LogP contribution is -2.44. The number of allylic oxidation sites excluding steroid dienone is 1. The molecular formula is C32H29N7. The maximum absolute atomic E-state index is 6.30. The van der Waals surface area contributed by atoms with Crippen LogP contribution in [-0.2, 0) is 6.54 Å². The van der Waals surface area contributed by atoms with Crippen LogP contribution in [0.1, 0.15) is 5.56 Å². The van der Waals surface area contributed by atoms with E-state index in [2.05, 4.69) is 68.2 Å². The molecule has 1 aliphatic rings. The van der Waals surface area contributed by atoms with Gasteiger partial charge >= 0.3 is 0 Å². The highest BCUT2D eigenvalue weighted by Gasteiger charge is 2.20. The molecule has 0 bridgehead atoms. The zero-order valence-corrected chi connectivity index (χ0v) is 21.7. The molecule has 0 atom stereocenters. The number of nitrogens with zero attached hydrogens (tertiary/aromatic N) is 6. The first-order valence-corrected chi connectivity index (χ1v) is 13.0. The Morgan fingerprint density at radius 2 is 1.67 bits per heavy atom. The first kappa shape index (κ1) is 24.4. The molecule has 0 radical (unpaired) electrons. The van der Waals surface area contributed by atoms with E-state index in [0.29, 0.717) is 11.6 Å². The minimum atomic E-state index is 0.431. The summed E-state index contributed by atoms with van der Waals surface area (Å²) in [6, 6.07) is 26.6. The molecule has 2 N–H and O–H groups in total. The van der Waals surface area contributed by atoms with Gasteiger partial charge in [-0.15, -0.1) is 6.42 Å². The van der Waals surface area contributed by atoms with Crippen LogP contribution < -0.4 is 5.73 Å². The van der Waals surface area contributed by atoms with Gasteiger partial charge in [-0.1, -0.05) is 55.0 Å².